The summed E-state index contributed by atoms with van der Waals surface area (Å²) in [4.78, 5) is 4.22. The molecular formula is C9H15N3O. The predicted molar refractivity (Wildman–Crippen MR) is 48.2 cm³/mol. The minimum Gasteiger partial charge on any atom is -0.338 e. The molecule has 0 saturated carbocycles. The topological polar surface area (TPSA) is 51.0 Å². The number of hydrogen-bond acceptors (Lipinski definition) is 4. The van der Waals surface area contributed by atoms with Crippen LogP contribution >= 0.6 is 0 Å². The standard InChI is InChI=1S/C9H15N3O/c1-6-10-8(13-12-6)7-4-5-9(2,3)11-7/h7,11H,4-5H2,1-3H3. The molecule has 1 aromatic rings. The van der Waals surface area contributed by atoms with E-state index in [0.29, 0.717) is 5.82 Å². The van der Waals surface area contributed by atoms with Gasteiger partial charge in [0.05, 0.1) is 6.04 Å². The number of aromatic nitrogens is 2. The van der Waals surface area contributed by atoms with Gasteiger partial charge in [-0.3, -0.25) is 0 Å². The van der Waals surface area contributed by atoms with Crippen LogP contribution in [-0.2, 0) is 0 Å². The van der Waals surface area contributed by atoms with Crippen molar-refractivity contribution in [3.63, 3.8) is 0 Å². The highest BCUT2D eigenvalue weighted by Gasteiger charge is 2.33. The van der Waals surface area contributed by atoms with Crippen LogP contribution in [0.5, 0.6) is 0 Å². The fraction of sp³-hybridized carbons (Fsp3) is 0.778. The normalized spacial score (nSPS) is 26.5. The Morgan fingerprint density at radius 2 is 2.31 bits per heavy atom. The Balaban J connectivity index is 2.12. The highest BCUT2D eigenvalue weighted by Crippen LogP contribution is 2.31. The Morgan fingerprint density at radius 1 is 1.54 bits per heavy atom. The summed E-state index contributed by atoms with van der Waals surface area (Å²) >= 11 is 0. The van der Waals surface area contributed by atoms with E-state index in [4.69, 9.17) is 4.52 Å². The van der Waals surface area contributed by atoms with Crippen molar-refractivity contribution in [1.82, 2.24) is 15.5 Å². The third kappa shape index (κ3) is 1.72. The van der Waals surface area contributed by atoms with E-state index in [1.807, 2.05) is 6.92 Å². The summed E-state index contributed by atoms with van der Waals surface area (Å²) in [6.07, 6.45) is 2.23. The second-order valence-electron chi connectivity index (χ2n) is 4.30. The fourth-order valence-corrected chi connectivity index (χ4v) is 1.76. The first-order valence-corrected chi connectivity index (χ1v) is 4.65. The lowest BCUT2D eigenvalue weighted by atomic mass is 10.0. The van der Waals surface area contributed by atoms with Crippen molar-refractivity contribution < 1.29 is 4.52 Å². The Morgan fingerprint density at radius 3 is 2.77 bits per heavy atom. The van der Waals surface area contributed by atoms with E-state index in [2.05, 4.69) is 29.3 Å². The van der Waals surface area contributed by atoms with E-state index in [0.717, 1.165) is 18.7 Å². The van der Waals surface area contributed by atoms with Crippen molar-refractivity contribution in [2.45, 2.75) is 45.2 Å². The monoisotopic (exact) mass is 181 g/mol. The molecule has 0 spiro atoms. The molecule has 1 aromatic heterocycles. The molecule has 1 atom stereocenters. The summed E-state index contributed by atoms with van der Waals surface area (Å²) in [5.41, 5.74) is 0.201. The van der Waals surface area contributed by atoms with E-state index in [1.165, 1.54) is 0 Å². The van der Waals surface area contributed by atoms with Crippen LogP contribution in [0.3, 0.4) is 0 Å². The number of rotatable bonds is 1. The van der Waals surface area contributed by atoms with Crippen LogP contribution in [0.25, 0.3) is 0 Å². The molecule has 4 nitrogen and oxygen atoms in total. The van der Waals surface area contributed by atoms with Gasteiger partial charge in [-0.25, -0.2) is 0 Å². The summed E-state index contributed by atoms with van der Waals surface area (Å²) in [6.45, 7) is 6.22. The van der Waals surface area contributed by atoms with Crippen LogP contribution in [0.1, 0.15) is 44.4 Å². The highest BCUT2D eigenvalue weighted by atomic mass is 16.5. The average Bonchev–Trinajstić information content (AvgIpc) is 2.56. The minimum atomic E-state index is 0.201. The first-order chi connectivity index (χ1) is 6.07. The second-order valence-corrected chi connectivity index (χ2v) is 4.30. The van der Waals surface area contributed by atoms with Gasteiger partial charge in [0.2, 0.25) is 5.89 Å². The maximum absolute atomic E-state index is 5.12. The molecule has 72 valence electrons. The molecule has 2 heterocycles. The number of nitrogens with one attached hydrogen (secondary N) is 1. The van der Waals surface area contributed by atoms with Gasteiger partial charge in [-0.2, -0.15) is 4.98 Å². The SMILES string of the molecule is Cc1noc(C2CCC(C)(C)N2)n1. The van der Waals surface area contributed by atoms with Gasteiger partial charge in [0.15, 0.2) is 5.82 Å². The predicted octanol–water partition coefficient (Wildman–Crippen LogP) is 1.58. The quantitative estimate of drug-likeness (QED) is 0.714. The molecule has 13 heavy (non-hydrogen) atoms. The largest absolute Gasteiger partial charge is 0.338 e. The number of aryl methyl sites for hydroxylation is 1. The Labute approximate surface area is 77.7 Å². The molecule has 1 aliphatic heterocycles. The van der Waals surface area contributed by atoms with Crippen molar-refractivity contribution in [3.8, 4) is 0 Å². The molecule has 2 rings (SSSR count). The smallest absolute Gasteiger partial charge is 0.243 e. The zero-order valence-corrected chi connectivity index (χ0v) is 8.29. The summed E-state index contributed by atoms with van der Waals surface area (Å²) in [5.74, 6) is 1.43. The molecule has 1 aliphatic rings. The van der Waals surface area contributed by atoms with Gasteiger partial charge >= 0.3 is 0 Å². The molecule has 1 N–H and O–H groups in total. The zero-order chi connectivity index (χ0) is 9.47. The van der Waals surface area contributed by atoms with Crippen LogP contribution in [0.2, 0.25) is 0 Å². The molecule has 0 aliphatic carbocycles. The van der Waals surface area contributed by atoms with Crippen LogP contribution < -0.4 is 5.32 Å². The lowest BCUT2D eigenvalue weighted by molar-refractivity contribution is 0.326. The Bertz CT molecular complexity index is 306. The van der Waals surface area contributed by atoms with Crippen LogP contribution in [0, 0.1) is 6.92 Å². The van der Waals surface area contributed by atoms with Crippen molar-refractivity contribution >= 4 is 0 Å². The zero-order valence-electron chi connectivity index (χ0n) is 8.29. The Hall–Kier alpha value is -0.900. The molecule has 0 bridgehead atoms. The van der Waals surface area contributed by atoms with E-state index in [9.17, 15) is 0 Å². The number of hydrogen-bond donors (Lipinski definition) is 1. The molecule has 0 amide bonds. The van der Waals surface area contributed by atoms with Gasteiger partial charge in [0.25, 0.3) is 0 Å². The van der Waals surface area contributed by atoms with Crippen molar-refractivity contribution in [1.29, 1.82) is 0 Å². The van der Waals surface area contributed by atoms with E-state index >= 15 is 0 Å². The summed E-state index contributed by atoms with van der Waals surface area (Å²) in [6, 6.07) is 0.246. The maximum Gasteiger partial charge on any atom is 0.243 e. The molecule has 0 radical (unpaired) electrons. The van der Waals surface area contributed by atoms with Gasteiger partial charge in [-0.1, -0.05) is 5.16 Å². The van der Waals surface area contributed by atoms with Crippen molar-refractivity contribution in [2.24, 2.45) is 0 Å². The molecular weight excluding hydrogens is 166 g/mol. The van der Waals surface area contributed by atoms with Gasteiger partial charge in [0.1, 0.15) is 0 Å². The van der Waals surface area contributed by atoms with Crippen LogP contribution in [-0.4, -0.2) is 15.7 Å². The van der Waals surface area contributed by atoms with Gasteiger partial charge in [0, 0.05) is 5.54 Å². The molecule has 1 unspecified atom stereocenters. The average molecular weight is 181 g/mol. The first kappa shape index (κ1) is 8.69. The third-order valence-electron chi connectivity index (χ3n) is 2.46. The van der Waals surface area contributed by atoms with E-state index < -0.39 is 0 Å². The van der Waals surface area contributed by atoms with Crippen molar-refractivity contribution in [3.05, 3.63) is 11.7 Å². The number of nitrogens with zero attached hydrogens (tertiary/aromatic N) is 2. The summed E-state index contributed by atoms with van der Waals surface area (Å²) in [5, 5.41) is 7.25. The summed E-state index contributed by atoms with van der Waals surface area (Å²) in [7, 11) is 0. The van der Waals surface area contributed by atoms with E-state index in [-0.39, 0.29) is 11.6 Å². The van der Waals surface area contributed by atoms with Gasteiger partial charge in [-0.05, 0) is 33.6 Å². The van der Waals surface area contributed by atoms with Crippen LogP contribution in [0.15, 0.2) is 4.52 Å². The maximum atomic E-state index is 5.12. The van der Waals surface area contributed by atoms with E-state index in [1.54, 1.807) is 0 Å². The Kier molecular flexibility index (Phi) is 1.87. The minimum absolute atomic E-state index is 0.201. The lowest BCUT2D eigenvalue weighted by Gasteiger charge is -2.18. The molecule has 1 fully saturated rings. The van der Waals surface area contributed by atoms with Crippen LogP contribution in [0.4, 0.5) is 0 Å². The summed E-state index contributed by atoms with van der Waals surface area (Å²) < 4.78 is 5.12. The lowest BCUT2D eigenvalue weighted by Crippen LogP contribution is -2.33. The second kappa shape index (κ2) is 2.80. The molecule has 1 saturated heterocycles. The molecule has 4 heteroatoms. The van der Waals surface area contributed by atoms with Gasteiger partial charge in [-0.15, -0.1) is 0 Å². The highest BCUT2D eigenvalue weighted by molar-refractivity contribution is 5.00. The van der Waals surface area contributed by atoms with Gasteiger partial charge < -0.3 is 9.84 Å². The van der Waals surface area contributed by atoms with Crippen molar-refractivity contribution in [2.75, 3.05) is 0 Å². The first-order valence-electron chi connectivity index (χ1n) is 4.65. The molecule has 0 aromatic carbocycles. The fourth-order valence-electron chi connectivity index (χ4n) is 1.76. The third-order valence-corrected chi connectivity index (χ3v) is 2.46.